The van der Waals surface area contributed by atoms with Crippen LogP contribution >= 0.6 is 19.8 Å². The summed E-state index contributed by atoms with van der Waals surface area (Å²) in [4.78, 5) is 0. The van der Waals surface area contributed by atoms with Gasteiger partial charge < -0.3 is 0 Å². The number of fused-ring (bicyclic) bond motifs is 9. The fourth-order valence-electron chi connectivity index (χ4n) is 8.57. The Bertz CT molecular complexity index is 2770. The number of aromatic nitrogens is 2. The van der Waals surface area contributed by atoms with Gasteiger partial charge in [0, 0.05) is 0 Å². The fourth-order valence-corrected chi connectivity index (χ4v) is 14.7. The number of benzene rings is 7. The molecule has 0 unspecified atom stereocenters. The van der Waals surface area contributed by atoms with E-state index >= 15 is 0 Å². The zero-order chi connectivity index (χ0) is 35.0. The molecule has 0 amide bonds. The van der Waals surface area contributed by atoms with Crippen molar-refractivity contribution in [2.24, 2.45) is 5.41 Å². The van der Waals surface area contributed by atoms with Crippen LogP contribution in [0, 0.1) is 12.6 Å². The van der Waals surface area contributed by atoms with E-state index in [1.54, 1.807) is 7.14 Å². The Balaban J connectivity index is 1.22. The molecule has 0 saturated heterocycles. The number of aryl methyl sites for hydroxylation is 1. The Morgan fingerprint density at radius 1 is 0.500 bits per heavy atom. The first-order chi connectivity index (χ1) is 25.4. The van der Waals surface area contributed by atoms with Crippen molar-refractivity contribution in [3.8, 4) is 22.5 Å². The van der Waals surface area contributed by atoms with Crippen LogP contribution in [0.4, 0.5) is 0 Å². The van der Waals surface area contributed by atoms with Crippen LogP contribution < -0.4 is 0 Å². The summed E-state index contributed by atoms with van der Waals surface area (Å²) >= 11 is -1.78. The average molecular weight is 785 g/mol. The van der Waals surface area contributed by atoms with Crippen molar-refractivity contribution in [3.05, 3.63) is 176 Å². The summed E-state index contributed by atoms with van der Waals surface area (Å²) in [6.07, 6.45) is 2.17. The Labute approximate surface area is 312 Å². The molecule has 0 bridgehead atoms. The summed E-state index contributed by atoms with van der Waals surface area (Å²) in [5.41, 5.74) is 13.4. The van der Waals surface area contributed by atoms with Crippen molar-refractivity contribution in [2.75, 3.05) is 4.43 Å². The van der Waals surface area contributed by atoms with Gasteiger partial charge in [0.15, 0.2) is 0 Å². The summed E-state index contributed by atoms with van der Waals surface area (Å²) in [5, 5.41) is 5.23. The van der Waals surface area contributed by atoms with Crippen molar-refractivity contribution < 1.29 is 0 Å². The molecule has 0 aliphatic carbocycles. The first-order valence-corrected chi connectivity index (χ1v) is 22.1. The van der Waals surface area contributed by atoms with Crippen molar-refractivity contribution >= 4 is 63.4 Å². The first kappa shape index (κ1) is 31.6. The number of para-hydroxylation sites is 2. The SMILES string of the molecule is CC(C)(C)Cc1cccc(-n2c3ccc(-n4c5ccccc5c5ccccc54)cc3c3cc(I4CCc5ccccc5-c5ccccc54)ccc32)c1. The standard InChI is InChI=1S/C49H41IN2/c1-49(2,3)32-33-13-12-15-36(29-33)51-47-25-23-35(50-28-27-34-14-4-5-16-38(34)39-17-6-9-20-44(39)50)30-42(47)43-31-37(24-26-48(43)51)52-45-21-10-7-18-40(45)41-19-8-11-22-46(41)52/h4-26,29-31H,27-28,32H2,1-3H3. The third-order valence-corrected chi connectivity index (χ3v) is 16.8. The topological polar surface area (TPSA) is 9.86 Å². The Morgan fingerprint density at radius 3 is 1.85 bits per heavy atom. The van der Waals surface area contributed by atoms with Gasteiger partial charge in [-0.05, 0) is 0 Å². The van der Waals surface area contributed by atoms with Gasteiger partial charge in [-0.25, -0.2) is 0 Å². The van der Waals surface area contributed by atoms with Gasteiger partial charge in [0.05, 0.1) is 0 Å². The van der Waals surface area contributed by atoms with Gasteiger partial charge in [-0.3, -0.25) is 0 Å². The number of hydrogen-bond donors (Lipinski definition) is 0. The molecule has 2 aromatic heterocycles. The predicted octanol–water partition coefficient (Wildman–Crippen LogP) is 13.2. The zero-order valence-corrected chi connectivity index (χ0v) is 32.1. The minimum absolute atomic E-state index is 0.214. The second-order valence-corrected chi connectivity index (χ2v) is 21.0. The maximum atomic E-state index is 2.58. The number of hydrogen-bond acceptors (Lipinski definition) is 0. The van der Waals surface area contributed by atoms with Gasteiger partial charge >= 0.3 is 315 Å². The van der Waals surface area contributed by atoms with Crippen LogP contribution in [-0.4, -0.2) is 13.6 Å². The van der Waals surface area contributed by atoms with Gasteiger partial charge in [0.1, 0.15) is 0 Å². The number of alkyl halides is 1. The van der Waals surface area contributed by atoms with E-state index in [1.165, 1.54) is 81.7 Å². The molecule has 9 aromatic rings. The van der Waals surface area contributed by atoms with E-state index < -0.39 is 19.8 Å². The molecule has 254 valence electrons. The second kappa shape index (κ2) is 12.2. The van der Waals surface area contributed by atoms with E-state index in [1.807, 2.05) is 0 Å². The Hall–Kier alpha value is -5.13. The fraction of sp³-hybridized carbons (Fsp3) is 0.143. The molecule has 1 aliphatic rings. The Morgan fingerprint density at radius 2 is 1.10 bits per heavy atom. The number of nitrogens with zero attached hydrogens (tertiary/aromatic N) is 2. The van der Waals surface area contributed by atoms with Crippen LogP contribution in [0.5, 0.6) is 0 Å². The molecule has 1 aliphatic heterocycles. The van der Waals surface area contributed by atoms with Crippen molar-refractivity contribution in [1.29, 1.82) is 0 Å². The number of rotatable bonds is 4. The zero-order valence-electron chi connectivity index (χ0n) is 29.9. The van der Waals surface area contributed by atoms with Crippen LogP contribution in [0.25, 0.3) is 66.1 Å². The minimum atomic E-state index is -1.78. The summed E-state index contributed by atoms with van der Waals surface area (Å²) in [5.74, 6) is 0. The predicted molar refractivity (Wildman–Crippen MR) is 230 cm³/mol. The van der Waals surface area contributed by atoms with Crippen molar-refractivity contribution in [1.82, 2.24) is 9.13 Å². The van der Waals surface area contributed by atoms with E-state index in [-0.39, 0.29) is 5.41 Å². The van der Waals surface area contributed by atoms with Crippen LogP contribution in [0.2, 0.25) is 0 Å². The molecule has 0 saturated carbocycles. The molecule has 3 heteroatoms. The van der Waals surface area contributed by atoms with Crippen LogP contribution in [-0.2, 0) is 12.8 Å². The molecule has 0 atom stereocenters. The second-order valence-electron chi connectivity index (χ2n) is 15.4. The monoisotopic (exact) mass is 784 g/mol. The third-order valence-electron chi connectivity index (χ3n) is 10.7. The van der Waals surface area contributed by atoms with E-state index in [0.717, 1.165) is 12.8 Å². The molecule has 2 nitrogen and oxygen atoms in total. The van der Waals surface area contributed by atoms with E-state index in [9.17, 15) is 0 Å². The van der Waals surface area contributed by atoms with Gasteiger partial charge in [-0.2, -0.15) is 0 Å². The first-order valence-electron chi connectivity index (χ1n) is 18.4. The molecule has 52 heavy (non-hydrogen) atoms. The maximum absolute atomic E-state index is 2.58. The van der Waals surface area contributed by atoms with Gasteiger partial charge in [0.25, 0.3) is 0 Å². The molecule has 0 spiro atoms. The van der Waals surface area contributed by atoms with Gasteiger partial charge in [-0.1, -0.05) is 0 Å². The molecule has 0 radical (unpaired) electrons. The molecule has 10 rings (SSSR count). The van der Waals surface area contributed by atoms with E-state index in [2.05, 4.69) is 188 Å². The third kappa shape index (κ3) is 5.20. The van der Waals surface area contributed by atoms with Crippen LogP contribution in [0.15, 0.2) is 158 Å². The van der Waals surface area contributed by atoms with E-state index in [0.29, 0.717) is 0 Å². The van der Waals surface area contributed by atoms with Crippen LogP contribution in [0.1, 0.15) is 31.9 Å². The van der Waals surface area contributed by atoms with Crippen molar-refractivity contribution in [3.63, 3.8) is 0 Å². The molecule has 7 aromatic carbocycles. The molecule has 0 fully saturated rings. The summed E-state index contributed by atoms with van der Waals surface area (Å²) < 4.78 is 9.33. The normalized spacial score (nSPS) is 13.9. The van der Waals surface area contributed by atoms with Gasteiger partial charge in [0.2, 0.25) is 0 Å². The van der Waals surface area contributed by atoms with Crippen molar-refractivity contribution in [2.45, 2.75) is 33.6 Å². The molecular formula is C49H41IN2. The summed E-state index contributed by atoms with van der Waals surface area (Å²) in [6, 6.07) is 59.8. The summed E-state index contributed by atoms with van der Waals surface area (Å²) in [7, 11) is 0. The van der Waals surface area contributed by atoms with Gasteiger partial charge in [-0.15, -0.1) is 0 Å². The molecular weight excluding hydrogens is 743 g/mol. The quantitative estimate of drug-likeness (QED) is 0.124. The van der Waals surface area contributed by atoms with Crippen LogP contribution in [0.3, 0.4) is 0 Å². The molecule has 0 N–H and O–H groups in total. The Kier molecular flexibility index (Phi) is 7.44. The summed E-state index contributed by atoms with van der Waals surface area (Å²) in [6.45, 7) is 6.98. The number of halogens is 1. The van der Waals surface area contributed by atoms with E-state index in [4.69, 9.17) is 0 Å². The average Bonchev–Trinajstić information content (AvgIpc) is 3.60. The molecule has 3 heterocycles.